The van der Waals surface area contributed by atoms with Crippen LogP contribution in [0.3, 0.4) is 0 Å². The highest BCUT2D eigenvalue weighted by Crippen LogP contribution is 2.53. The Bertz CT molecular complexity index is 1090. The van der Waals surface area contributed by atoms with Crippen molar-refractivity contribution in [3.63, 3.8) is 0 Å². The molecule has 4 aromatic rings. The van der Waals surface area contributed by atoms with E-state index < -0.39 is 0 Å². The van der Waals surface area contributed by atoms with Crippen LogP contribution in [0.5, 0.6) is 5.75 Å². The number of ether oxygens (including phenoxy) is 1. The standard InChI is InChI=1S/C19H20N6O/c1-4-26-16-6-5-7-24-10-15(21-19(16)24)13-8-14(13)17-22-18-12(3)20-9-11(2)25(18)23-17/h5-7,9-10,13-14H,4,8H2,1-3H3. The van der Waals surface area contributed by atoms with Gasteiger partial charge in [-0.1, -0.05) is 0 Å². The number of pyridine rings is 1. The second-order valence-electron chi connectivity index (χ2n) is 6.84. The minimum Gasteiger partial charge on any atom is -0.490 e. The first-order valence-corrected chi connectivity index (χ1v) is 8.95. The SMILES string of the molecule is CCOc1cccn2cc(C3CC3c3nc4c(C)ncc(C)n4n3)nc12. The first-order valence-electron chi connectivity index (χ1n) is 8.95. The zero-order valence-electron chi connectivity index (χ0n) is 15.0. The van der Waals surface area contributed by atoms with Crippen LogP contribution in [-0.2, 0) is 0 Å². The molecule has 0 aromatic carbocycles. The summed E-state index contributed by atoms with van der Waals surface area (Å²) < 4.78 is 9.62. The molecule has 0 spiro atoms. The third-order valence-electron chi connectivity index (χ3n) is 4.99. The molecule has 0 saturated heterocycles. The van der Waals surface area contributed by atoms with Gasteiger partial charge in [-0.05, 0) is 39.3 Å². The molecule has 0 radical (unpaired) electrons. The van der Waals surface area contributed by atoms with Crippen molar-refractivity contribution in [2.75, 3.05) is 6.61 Å². The van der Waals surface area contributed by atoms with Crippen LogP contribution in [-0.4, -0.2) is 35.6 Å². The molecule has 1 fully saturated rings. The number of hydrogen-bond donors (Lipinski definition) is 0. The number of hydrogen-bond acceptors (Lipinski definition) is 5. The van der Waals surface area contributed by atoms with E-state index in [2.05, 4.69) is 11.2 Å². The lowest BCUT2D eigenvalue weighted by atomic mass is 10.2. The molecule has 0 aliphatic heterocycles. The van der Waals surface area contributed by atoms with E-state index >= 15 is 0 Å². The van der Waals surface area contributed by atoms with Crippen LogP contribution in [0.4, 0.5) is 0 Å². The minimum atomic E-state index is 0.314. The molecule has 2 atom stereocenters. The van der Waals surface area contributed by atoms with Gasteiger partial charge in [-0.25, -0.2) is 14.5 Å². The Morgan fingerprint density at radius 3 is 2.88 bits per heavy atom. The molecule has 1 aliphatic rings. The highest BCUT2D eigenvalue weighted by atomic mass is 16.5. The molecular weight excluding hydrogens is 328 g/mol. The molecule has 0 bridgehead atoms. The molecule has 26 heavy (non-hydrogen) atoms. The van der Waals surface area contributed by atoms with Crippen LogP contribution in [0.25, 0.3) is 11.3 Å². The first kappa shape index (κ1) is 15.3. The molecule has 132 valence electrons. The van der Waals surface area contributed by atoms with Crippen LogP contribution in [0.2, 0.25) is 0 Å². The summed E-state index contributed by atoms with van der Waals surface area (Å²) in [6, 6.07) is 3.94. The summed E-state index contributed by atoms with van der Waals surface area (Å²) in [5.41, 5.74) is 4.69. The van der Waals surface area contributed by atoms with Gasteiger partial charge in [-0.15, -0.1) is 0 Å². The van der Waals surface area contributed by atoms with E-state index in [1.54, 1.807) is 0 Å². The summed E-state index contributed by atoms with van der Waals surface area (Å²) in [7, 11) is 0. The number of fused-ring (bicyclic) bond motifs is 2. The van der Waals surface area contributed by atoms with E-state index in [-0.39, 0.29) is 0 Å². The van der Waals surface area contributed by atoms with E-state index in [1.165, 1.54) is 0 Å². The fraction of sp³-hybridized carbons (Fsp3) is 0.368. The Kier molecular flexibility index (Phi) is 3.25. The van der Waals surface area contributed by atoms with Crippen molar-refractivity contribution >= 4 is 11.3 Å². The summed E-state index contributed by atoms with van der Waals surface area (Å²) >= 11 is 0. The lowest BCUT2D eigenvalue weighted by molar-refractivity contribution is 0.342. The van der Waals surface area contributed by atoms with Crippen molar-refractivity contribution in [2.24, 2.45) is 0 Å². The summed E-state index contributed by atoms with van der Waals surface area (Å²) in [5, 5.41) is 4.72. The normalized spacial score (nSPS) is 19.3. The van der Waals surface area contributed by atoms with Crippen LogP contribution in [0, 0.1) is 13.8 Å². The summed E-state index contributed by atoms with van der Waals surface area (Å²) in [4.78, 5) is 13.9. The lowest BCUT2D eigenvalue weighted by Gasteiger charge is -2.03. The smallest absolute Gasteiger partial charge is 0.179 e. The first-order chi connectivity index (χ1) is 12.7. The van der Waals surface area contributed by atoms with Gasteiger partial charge in [0, 0.05) is 30.4 Å². The molecule has 1 saturated carbocycles. The van der Waals surface area contributed by atoms with Crippen molar-refractivity contribution in [1.29, 1.82) is 0 Å². The Morgan fingerprint density at radius 2 is 2.08 bits per heavy atom. The van der Waals surface area contributed by atoms with Crippen molar-refractivity contribution in [2.45, 2.75) is 39.0 Å². The molecular formula is C19H20N6O. The van der Waals surface area contributed by atoms with Gasteiger partial charge in [0.05, 0.1) is 23.7 Å². The van der Waals surface area contributed by atoms with Crippen molar-refractivity contribution < 1.29 is 4.74 Å². The van der Waals surface area contributed by atoms with Crippen LogP contribution in [0.1, 0.15) is 48.1 Å². The van der Waals surface area contributed by atoms with E-state index in [9.17, 15) is 0 Å². The van der Waals surface area contributed by atoms with Gasteiger partial charge in [-0.3, -0.25) is 4.98 Å². The quantitative estimate of drug-likeness (QED) is 0.567. The fourth-order valence-electron chi connectivity index (χ4n) is 3.53. The van der Waals surface area contributed by atoms with Gasteiger partial charge in [0.25, 0.3) is 0 Å². The van der Waals surface area contributed by atoms with Crippen LogP contribution in [0.15, 0.2) is 30.7 Å². The van der Waals surface area contributed by atoms with Crippen LogP contribution >= 0.6 is 0 Å². The van der Waals surface area contributed by atoms with Crippen LogP contribution < -0.4 is 4.74 Å². The van der Waals surface area contributed by atoms with Gasteiger partial charge in [0.2, 0.25) is 0 Å². The Morgan fingerprint density at radius 1 is 1.19 bits per heavy atom. The second kappa shape index (κ2) is 5.52. The maximum absolute atomic E-state index is 5.69. The Balaban J connectivity index is 1.49. The maximum atomic E-state index is 5.69. The summed E-state index contributed by atoms with van der Waals surface area (Å²) in [6.07, 6.45) is 6.96. The van der Waals surface area contributed by atoms with E-state index in [4.69, 9.17) is 19.8 Å². The third kappa shape index (κ3) is 2.27. The number of rotatable bonds is 4. The molecule has 4 aromatic heterocycles. The highest BCUT2D eigenvalue weighted by molar-refractivity contribution is 5.55. The zero-order valence-corrected chi connectivity index (χ0v) is 15.0. The van der Waals surface area contributed by atoms with Crippen molar-refractivity contribution in [3.8, 4) is 5.75 Å². The zero-order chi connectivity index (χ0) is 17.8. The molecule has 5 rings (SSSR count). The number of aryl methyl sites for hydroxylation is 2. The molecule has 0 amide bonds. The number of nitrogens with zero attached hydrogens (tertiary/aromatic N) is 6. The lowest BCUT2D eigenvalue weighted by Crippen LogP contribution is -1.97. The molecule has 1 aliphatic carbocycles. The largest absolute Gasteiger partial charge is 0.490 e. The summed E-state index contributed by atoms with van der Waals surface area (Å²) in [6.45, 7) is 6.58. The monoisotopic (exact) mass is 348 g/mol. The summed E-state index contributed by atoms with van der Waals surface area (Å²) in [5.74, 6) is 2.38. The average molecular weight is 348 g/mol. The second-order valence-corrected chi connectivity index (χ2v) is 6.84. The highest BCUT2D eigenvalue weighted by Gasteiger charge is 2.44. The molecule has 7 heteroatoms. The van der Waals surface area contributed by atoms with E-state index in [0.29, 0.717) is 18.4 Å². The van der Waals surface area contributed by atoms with Gasteiger partial charge in [0.15, 0.2) is 22.9 Å². The van der Waals surface area contributed by atoms with Gasteiger partial charge < -0.3 is 9.14 Å². The van der Waals surface area contributed by atoms with E-state index in [0.717, 1.165) is 46.4 Å². The predicted octanol–water partition coefficient (Wildman–Crippen LogP) is 3.06. The topological polar surface area (TPSA) is 69.6 Å². The Labute approximate surface area is 150 Å². The number of aromatic nitrogens is 6. The number of imidazole rings is 1. The fourth-order valence-corrected chi connectivity index (χ4v) is 3.53. The molecule has 7 nitrogen and oxygen atoms in total. The average Bonchev–Trinajstić information content (AvgIpc) is 3.11. The molecule has 0 N–H and O–H groups in total. The van der Waals surface area contributed by atoms with Crippen molar-refractivity contribution in [3.05, 3.63) is 53.6 Å². The molecule has 2 unspecified atom stereocenters. The Hall–Kier alpha value is -2.96. The van der Waals surface area contributed by atoms with Gasteiger partial charge in [0.1, 0.15) is 0 Å². The van der Waals surface area contributed by atoms with Crippen molar-refractivity contribution in [1.82, 2.24) is 29.0 Å². The van der Waals surface area contributed by atoms with E-state index in [1.807, 2.05) is 54.2 Å². The van der Waals surface area contributed by atoms with Gasteiger partial charge >= 0.3 is 0 Å². The molecule has 4 heterocycles. The maximum Gasteiger partial charge on any atom is 0.179 e. The predicted molar refractivity (Wildman–Crippen MR) is 96.7 cm³/mol. The van der Waals surface area contributed by atoms with Gasteiger partial charge in [-0.2, -0.15) is 5.10 Å². The minimum absolute atomic E-state index is 0.314. The third-order valence-corrected chi connectivity index (χ3v) is 4.99.